The average Bonchev–Trinajstić information content (AvgIpc) is 2.73. The Kier molecular flexibility index (Phi) is 2.78. The minimum Gasteiger partial charge on any atom is -0.398 e. The van der Waals surface area contributed by atoms with Gasteiger partial charge in [0, 0.05) is 16.1 Å². The molecule has 0 unspecified atom stereocenters. The van der Waals surface area contributed by atoms with E-state index in [9.17, 15) is 4.79 Å². The van der Waals surface area contributed by atoms with Gasteiger partial charge in [-0.2, -0.15) is 5.10 Å². The van der Waals surface area contributed by atoms with Gasteiger partial charge in [-0.25, -0.2) is 4.98 Å². The molecule has 2 aromatic rings. The van der Waals surface area contributed by atoms with Crippen molar-refractivity contribution in [1.82, 2.24) is 15.2 Å². The van der Waals surface area contributed by atoms with Crippen LogP contribution in [0.2, 0.25) is 0 Å². The molecule has 0 saturated heterocycles. The minimum absolute atomic E-state index is 0.413. The minimum atomic E-state index is -0.487. The van der Waals surface area contributed by atoms with Crippen LogP contribution in [0.15, 0.2) is 34.6 Å². The quantitative estimate of drug-likeness (QED) is 0.676. The number of H-pyrrole nitrogens is 1. The van der Waals surface area contributed by atoms with Crippen molar-refractivity contribution in [3.05, 3.63) is 30.1 Å². The number of primary amides is 1. The highest BCUT2D eigenvalue weighted by Crippen LogP contribution is 2.30. The van der Waals surface area contributed by atoms with Crippen molar-refractivity contribution < 1.29 is 4.79 Å². The summed E-state index contributed by atoms with van der Waals surface area (Å²) in [6, 6.07) is 4.85. The van der Waals surface area contributed by atoms with Gasteiger partial charge in [0.05, 0.1) is 0 Å². The van der Waals surface area contributed by atoms with Gasteiger partial charge < -0.3 is 11.5 Å². The Morgan fingerprint density at radius 2 is 2.25 bits per heavy atom. The Labute approximate surface area is 95.4 Å². The smallest absolute Gasteiger partial charge is 0.248 e. The number of aromatic amines is 1. The van der Waals surface area contributed by atoms with E-state index in [0.717, 1.165) is 0 Å². The first-order valence-corrected chi connectivity index (χ1v) is 5.21. The molecule has 0 radical (unpaired) electrons. The van der Waals surface area contributed by atoms with Gasteiger partial charge >= 0.3 is 0 Å². The van der Waals surface area contributed by atoms with Gasteiger partial charge in [-0.3, -0.25) is 9.89 Å². The van der Waals surface area contributed by atoms with Crippen molar-refractivity contribution in [2.45, 2.75) is 10.1 Å². The molecule has 1 aromatic carbocycles. The third kappa shape index (κ3) is 2.14. The van der Waals surface area contributed by atoms with Crippen LogP contribution in [0.3, 0.4) is 0 Å². The largest absolute Gasteiger partial charge is 0.398 e. The summed E-state index contributed by atoms with van der Waals surface area (Å²) >= 11 is 1.29. The zero-order valence-corrected chi connectivity index (χ0v) is 8.99. The van der Waals surface area contributed by atoms with E-state index in [-0.39, 0.29) is 0 Å². The van der Waals surface area contributed by atoms with Crippen molar-refractivity contribution in [1.29, 1.82) is 0 Å². The second-order valence-corrected chi connectivity index (χ2v) is 4.04. The number of amides is 1. The van der Waals surface area contributed by atoms with Gasteiger partial charge in [0.25, 0.3) is 0 Å². The fourth-order valence-corrected chi connectivity index (χ4v) is 1.90. The van der Waals surface area contributed by atoms with Gasteiger partial charge in [0.15, 0.2) is 5.16 Å². The maximum absolute atomic E-state index is 11.0. The van der Waals surface area contributed by atoms with Crippen LogP contribution in [0.4, 0.5) is 5.69 Å². The normalized spacial score (nSPS) is 10.2. The lowest BCUT2D eigenvalue weighted by Gasteiger charge is -2.04. The first-order valence-electron chi connectivity index (χ1n) is 4.39. The van der Waals surface area contributed by atoms with Crippen LogP contribution >= 0.6 is 11.8 Å². The molecule has 0 saturated carbocycles. The van der Waals surface area contributed by atoms with Crippen LogP contribution in [-0.4, -0.2) is 21.1 Å². The van der Waals surface area contributed by atoms with E-state index >= 15 is 0 Å². The zero-order valence-electron chi connectivity index (χ0n) is 8.18. The molecule has 1 aromatic heterocycles. The predicted octanol–water partition coefficient (Wildman–Crippen LogP) is 0.637. The van der Waals surface area contributed by atoms with Crippen LogP contribution in [0.5, 0.6) is 0 Å². The number of benzene rings is 1. The molecule has 0 spiro atoms. The fraction of sp³-hybridized carbons (Fsp3) is 0. The highest BCUT2D eigenvalue weighted by atomic mass is 32.2. The van der Waals surface area contributed by atoms with E-state index in [2.05, 4.69) is 15.2 Å². The van der Waals surface area contributed by atoms with Crippen molar-refractivity contribution in [3.8, 4) is 0 Å². The molecule has 16 heavy (non-hydrogen) atoms. The number of rotatable bonds is 3. The van der Waals surface area contributed by atoms with Gasteiger partial charge in [0.2, 0.25) is 5.91 Å². The number of nitrogens with one attached hydrogen (secondary N) is 1. The number of anilines is 1. The highest BCUT2D eigenvalue weighted by Gasteiger charge is 2.08. The van der Waals surface area contributed by atoms with E-state index in [4.69, 9.17) is 11.5 Å². The number of nitrogen functional groups attached to an aromatic ring is 1. The maximum Gasteiger partial charge on any atom is 0.248 e. The van der Waals surface area contributed by atoms with Crippen molar-refractivity contribution in [2.24, 2.45) is 5.73 Å². The Balaban J connectivity index is 2.32. The summed E-state index contributed by atoms with van der Waals surface area (Å²) in [5.74, 6) is -0.487. The van der Waals surface area contributed by atoms with Crippen molar-refractivity contribution in [2.75, 3.05) is 5.73 Å². The molecular weight excluding hydrogens is 226 g/mol. The molecular formula is C9H9N5OS. The molecule has 0 aliphatic rings. The SMILES string of the molecule is NC(=O)c1ccc(N)c(Sc2ncn[nH]2)c1. The molecule has 0 bridgehead atoms. The summed E-state index contributed by atoms with van der Waals surface area (Å²) in [5, 5.41) is 7.01. The summed E-state index contributed by atoms with van der Waals surface area (Å²) in [7, 11) is 0. The summed E-state index contributed by atoms with van der Waals surface area (Å²) < 4.78 is 0. The predicted molar refractivity (Wildman–Crippen MR) is 59.9 cm³/mol. The average molecular weight is 235 g/mol. The van der Waals surface area contributed by atoms with Gasteiger partial charge in [-0.05, 0) is 30.0 Å². The first-order chi connectivity index (χ1) is 7.66. The lowest BCUT2D eigenvalue weighted by Crippen LogP contribution is -2.11. The lowest BCUT2D eigenvalue weighted by atomic mass is 10.2. The van der Waals surface area contributed by atoms with E-state index in [0.29, 0.717) is 21.3 Å². The van der Waals surface area contributed by atoms with Crippen LogP contribution in [0.1, 0.15) is 10.4 Å². The highest BCUT2D eigenvalue weighted by molar-refractivity contribution is 7.99. The number of carbonyl (C=O) groups excluding carboxylic acids is 1. The maximum atomic E-state index is 11.0. The number of carbonyl (C=O) groups is 1. The van der Waals surface area contributed by atoms with E-state index < -0.39 is 5.91 Å². The monoisotopic (exact) mass is 235 g/mol. The summed E-state index contributed by atoms with van der Waals surface area (Å²) in [6.45, 7) is 0. The lowest BCUT2D eigenvalue weighted by molar-refractivity contribution is 0.1000. The third-order valence-electron chi connectivity index (χ3n) is 1.90. The van der Waals surface area contributed by atoms with Crippen LogP contribution in [0.25, 0.3) is 0 Å². The molecule has 1 heterocycles. The van der Waals surface area contributed by atoms with Crippen LogP contribution in [0, 0.1) is 0 Å². The fourth-order valence-electron chi connectivity index (χ4n) is 1.12. The molecule has 7 heteroatoms. The molecule has 0 aliphatic carbocycles. The van der Waals surface area contributed by atoms with Gasteiger partial charge in [-0.1, -0.05) is 0 Å². The molecule has 1 amide bonds. The number of nitrogens with two attached hydrogens (primary N) is 2. The van der Waals surface area contributed by atoms with Gasteiger partial charge in [0.1, 0.15) is 6.33 Å². The van der Waals surface area contributed by atoms with Crippen molar-refractivity contribution in [3.63, 3.8) is 0 Å². The Morgan fingerprint density at radius 1 is 1.44 bits per heavy atom. The summed E-state index contributed by atoms with van der Waals surface area (Å²) in [5.41, 5.74) is 11.9. The number of aromatic nitrogens is 3. The molecule has 82 valence electrons. The van der Waals surface area contributed by atoms with Gasteiger partial charge in [-0.15, -0.1) is 0 Å². The number of hydrogen-bond donors (Lipinski definition) is 3. The molecule has 0 aliphatic heterocycles. The Bertz CT molecular complexity index is 511. The Morgan fingerprint density at radius 3 is 2.88 bits per heavy atom. The third-order valence-corrected chi connectivity index (χ3v) is 2.86. The molecule has 0 fully saturated rings. The summed E-state index contributed by atoms with van der Waals surface area (Å²) in [6.07, 6.45) is 1.40. The standard InChI is InChI=1S/C9H9N5OS/c10-6-2-1-5(8(11)15)3-7(6)16-9-12-4-13-14-9/h1-4H,10H2,(H2,11,15)(H,12,13,14). The molecule has 0 atom stereocenters. The molecule has 5 N–H and O–H groups in total. The summed E-state index contributed by atoms with van der Waals surface area (Å²) in [4.78, 5) is 15.7. The van der Waals surface area contributed by atoms with E-state index in [1.54, 1.807) is 18.2 Å². The molecule has 6 nitrogen and oxygen atoms in total. The van der Waals surface area contributed by atoms with E-state index in [1.807, 2.05) is 0 Å². The van der Waals surface area contributed by atoms with Crippen molar-refractivity contribution >= 4 is 23.4 Å². The number of nitrogens with zero attached hydrogens (tertiary/aromatic N) is 2. The first kappa shape index (κ1) is 10.5. The Hall–Kier alpha value is -2.02. The topological polar surface area (TPSA) is 111 Å². The zero-order chi connectivity index (χ0) is 11.5. The van der Waals surface area contributed by atoms with Crippen LogP contribution < -0.4 is 11.5 Å². The molecule has 2 rings (SSSR count). The second kappa shape index (κ2) is 4.23. The van der Waals surface area contributed by atoms with Crippen LogP contribution in [-0.2, 0) is 0 Å². The number of hydrogen-bond acceptors (Lipinski definition) is 5. The second-order valence-electron chi connectivity index (χ2n) is 3.01. The van der Waals surface area contributed by atoms with E-state index in [1.165, 1.54) is 18.1 Å².